The Hall–Kier alpha value is -0.680. The topological polar surface area (TPSA) is 49.2 Å². The van der Waals surface area contributed by atoms with Gasteiger partial charge in [-0.05, 0) is 48.0 Å². The number of halogens is 1. The van der Waals surface area contributed by atoms with Crippen LogP contribution >= 0.6 is 15.9 Å². The molecule has 2 fully saturated rings. The Morgan fingerprint density at radius 3 is 2.61 bits per heavy atom. The highest BCUT2D eigenvalue weighted by atomic mass is 79.9. The number of rotatable bonds is 5. The van der Waals surface area contributed by atoms with Gasteiger partial charge in [0.25, 0.3) is 0 Å². The van der Waals surface area contributed by atoms with Crippen LogP contribution in [0.15, 0.2) is 10.7 Å². The van der Waals surface area contributed by atoms with Gasteiger partial charge in [-0.15, -0.1) is 0 Å². The Balaban J connectivity index is 1.87. The summed E-state index contributed by atoms with van der Waals surface area (Å²) in [5.74, 6) is 2.48. The summed E-state index contributed by atoms with van der Waals surface area (Å²) in [4.78, 5) is 11.4. The highest BCUT2D eigenvalue weighted by molar-refractivity contribution is 9.10. The van der Waals surface area contributed by atoms with Crippen LogP contribution in [0.4, 0.5) is 5.82 Å². The number of hydrogen-bond donors (Lipinski definition) is 1. The minimum atomic E-state index is 0.177. The molecule has 0 unspecified atom stereocenters. The van der Waals surface area contributed by atoms with Crippen LogP contribution in [-0.2, 0) is 0 Å². The molecule has 0 saturated heterocycles. The molecule has 1 aromatic heterocycles. The van der Waals surface area contributed by atoms with E-state index in [4.69, 9.17) is 4.98 Å². The van der Waals surface area contributed by atoms with Gasteiger partial charge in [-0.3, -0.25) is 0 Å². The van der Waals surface area contributed by atoms with E-state index in [1.54, 1.807) is 0 Å². The zero-order valence-corrected chi connectivity index (χ0v) is 11.9. The highest BCUT2D eigenvalue weighted by Gasteiger charge is 2.30. The summed E-state index contributed by atoms with van der Waals surface area (Å²) < 4.78 is 0.858. The molecule has 2 aliphatic rings. The van der Waals surface area contributed by atoms with Gasteiger partial charge in [0.2, 0.25) is 0 Å². The Bertz CT molecular complexity index is 432. The molecule has 0 aliphatic heterocycles. The Kier molecular flexibility index (Phi) is 3.52. The fourth-order valence-electron chi connectivity index (χ4n) is 2.38. The molecule has 0 radical (unpaired) electrons. The van der Waals surface area contributed by atoms with Crippen LogP contribution in [0.1, 0.15) is 43.8 Å². The summed E-state index contributed by atoms with van der Waals surface area (Å²) in [5, 5.41) is 9.23. The second-order valence-corrected chi connectivity index (χ2v) is 6.00. The van der Waals surface area contributed by atoms with Crippen LogP contribution < -0.4 is 4.90 Å². The third-order valence-corrected chi connectivity index (χ3v) is 4.20. The highest BCUT2D eigenvalue weighted by Crippen LogP contribution is 2.39. The number of aliphatic hydroxyl groups is 1. The Morgan fingerprint density at radius 1 is 1.28 bits per heavy atom. The van der Waals surface area contributed by atoms with Crippen LogP contribution in [0.5, 0.6) is 0 Å². The lowest BCUT2D eigenvalue weighted by atomic mass is 9.91. The molecule has 2 saturated carbocycles. The lowest BCUT2D eigenvalue weighted by Crippen LogP contribution is -2.42. The SMILES string of the molecule is OCCN(c1cc(Br)nc(C2CC2)n1)C1CCC1. The summed E-state index contributed by atoms with van der Waals surface area (Å²) in [6.45, 7) is 0.842. The standard InChI is InChI=1S/C13H18BrN3O/c14-11-8-12(16-13(15-11)9-4-5-9)17(6-7-18)10-2-1-3-10/h8-10,18H,1-7H2. The maximum absolute atomic E-state index is 9.23. The van der Waals surface area contributed by atoms with Gasteiger partial charge in [-0.25, -0.2) is 9.97 Å². The van der Waals surface area contributed by atoms with Gasteiger partial charge in [0.15, 0.2) is 0 Å². The molecule has 98 valence electrons. The monoisotopic (exact) mass is 311 g/mol. The third-order valence-electron chi connectivity index (χ3n) is 3.79. The summed E-state index contributed by atoms with van der Waals surface area (Å²) in [7, 11) is 0. The smallest absolute Gasteiger partial charge is 0.135 e. The van der Waals surface area contributed by atoms with Crippen molar-refractivity contribution in [3.05, 3.63) is 16.5 Å². The van der Waals surface area contributed by atoms with Crippen molar-refractivity contribution in [2.75, 3.05) is 18.1 Å². The molecule has 0 spiro atoms. The van der Waals surface area contributed by atoms with Gasteiger partial charge in [0.05, 0.1) is 6.61 Å². The second kappa shape index (κ2) is 5.13. The number of aliphatic hydroxyl groups excluding tert-OH is 1. The third kappa shape index (κ3) is 2.52. The minimum Gasteiger partial charge on any atom is -0.395 e. The largest absolute Gasteiger partial charge is 0.395 e. The summed E-state index contributed by atoms with van der Waals surface area (Å²) in [5.41, 5.74) is 0. The lowest BCUT2D eigenvalue weighted by molar-refractivity contribution is 0.283. The molecule has 1 N–H and O–H groups in total. The fraction of sp³-hybridized carbons (Fsp3) is 0.692. The van der Waals surface area contributed by atoms with E-state index >= 15 is 0 Å². The van der Waals surface area contributed by atoms with E-state index in [0.29, 0.717) is 18.5 Å². The van der Waals surface area contributed by atoms with Crippen LogP contribution in [0.2, 0.25) is 0 Å². The van der Waals surface area contributed by atoms with Crippen molar-refractivity contribution in [2.45, 2.75) is 44.1 Å². The summed E-state index contributed by atoms with van der Waals surface area (Å²) >= 11 is 3.48. The van der Waals surface area contributed by atoms with Crippen molar-refractivity contribution in [1.29, 1.82) is 0 Å². The number of anilines is 1. The van der Waals surface area contributed by atoms with Gasteiger partial charge in [-0.2, -0.15) is 0 Å². The maximum atomic E-state index is 9.23. The molecule has 0 amide bonds. The van der Waals surface area contributed by atoms with E-state index in [9.17, 15) is 5.11 Å². The van der Waals surface area contributed by atoms with Crippen molar-refractivity contribution < 1.29 is 5.11 Å². The van der Waals surface area contributed by atoms with E-state index in [1.165, 1.54) is 32.1 Å². The first-order valence-corrected chi connectivity index (χ1v) is 7.49. The van der Waals surface area contributed by atoms with Crippen LogP contribution in [0.3, 0.4) is 0 Å². The number of hydrogen-bond acceptors (Lipinski definition) is 4. The van der Waals surface area contributed by atoms with E-state index in [0.717, 1.165) is 16.2 Å². The molecule has 0 aromatic carbocycles. The first-order chi connectivity index (χ1) is 8.78. The molecular weight excluding hydrogens is 294 g/mol. The lowest BCUT2D eigenvalue weighted by Gasteiger charge is -2.38. The van der Waals surface area contributed by atoms with Crippen molar-refractivity contribution in [2.24, 2.45) is 0 Å². The first kappa shape index (κ1) is 12.4. The van der Waals surface area contributed by atoms with Gasteiger partial charge >= 0.3 is 0 Å². The summed E-state index contributed by atoms with van der Waals surface area (Å²) in [6.07, 6.45) is 6.12. The molecule has 1 heterocycles. The van der Waals surface area contributed by atoms with Gasteiger partial charge in [0.1, 0.15) is 16.2 Å². The van der Waals surface area contributed by atoms with Crippen molar-refractivity contribution in [3.63, 3.8) is 0 Å². The van der Waals surface area contributed by atoms with Crippen molar-refractivity contribution in [1.82, 2.24) is 9.97 Å². The molecule has 4 nitrogen and oxygen atoms in total. The average molecular weight is 312 g/mol. The second-order valence-electron chi connectivity index (χ2n) is 5.18. The Morgan fingerprint density at radius 2 is 2.06 bits per heavy atom. The molecule has 3 rings (SSSR count). The van der Waals surface area contributed by atoms with E-state index < -0.39 is 0 Å². The molecule has 1 aromatic rings. The zero-order chi connectivity index (χ0) is 12.5. The van der Waals surface area contributed by atoms with Crippen molar-refractivity contribution in [3.8, 4) is 0 Å². The minimum absolute atomic E-state index is 0.177. The normalized spacial score (nSPS) is 19.7. The van der Waals surface area contributed by atoms with Crippen LogP contribution in [0.25, 0.3) is 0 Å². The zero-order valence-electron chi connectivity index (χ0n) is 10.3. The van der Waals surface area contributed by atoms with Crippen molar-refractivity contribution >= 4 is 21.7 Å². The quantitative estimate of drug-likeness (QED) is 0.849. The Labute approximate surface area is 116 Å². The molecule has 0 atom stereocenters. The van der Waals surface area contributed by atoms with E-state index in [-0.39, 0.29) is 6.61 Å². The molecule has 2 aliphatic carbocycles. The predicted molar refractivity (Wildman–Crippen MR) is 73.8 cm³/mol. The van der Waals surface area contributed by atoms with Crippen LogP contribution in [-0.4, -0.2) is 34.3 Å². The molecule has 5 heteroatoms. The predicted octanol–water partition coefficient (Wildman–Crippen LogP) is 2.47. The first-order valence-electron chi connectivity index (χ1n) is 6.70. The summed E-state index contributed by atoms with van der Waals surface area (Å²) in [6, 6.07) is 2.52. The number of nitrogens with zero attached hydrogens (tertiary/aromatic N) is 3. The fourth-order valence-corrected chi connectivity index (χ4v) is 2.77. The van der Waals surface area contributed by atoms with Crippen LogP contribution in [0, 0.1) is 0 Å². The maximum Gasteiger partial charge on any atom is 0.135 e. The van der Waals surface area contributed by atoms with E-state index in [2.05, 4.69) is 25.8 Å². The molecular formula is C13H18BrN3O. The van der Waals surface area contributed by atoms with Gasteiger partial charge < -0.3 is 10.0 Å². The number of aromatic nitrogens is 2. The molecule has 0 bridgehead atoms. The van der Waals surface area contributed by atoms with E-state index in [1.807, 2.05) is 6.07 Å². The van der Waals surface area contributed by atoms with Gasteiger partial charge in [-0.1, -0.05) is 0 Å². The van der Waals surface area contributed by atoms with Gasteiger partial charge in [0, 0.05) is 24.6 Å². The average Bonchev–Trinajstić information content (AvgIpc) is 3.09. The molecule has 18 heavy (non-hydrogen) atoms.